The van der Waals surface area contributed by atoms with E-state index < -0.39 is 23.2 Å². The number of rotatable bonds is 6. The number of hydrogen-bond donors (Lipinski definition) is 2. The van der Waals surface area contributed by atoms with Crippen LogP contribution in [0.4, 0.5) is 24.8 Å². The summed E-state index contributed by atoms with van der Waals surface area (Å²) >= 11 is 0. The lowest BCUT2D eigenvalue weighted by Gasteiger charge is -2.40. The number of ketones is 1. The molecule has 3 N–H and O–H groups in total. The Hall–Kier alpha value is -3.46. The van der Waals surface area contributed by atoms with Gasteiger partial charge in [-0.1, -0.05) is 43.7 Å². The molecule has 0 saturated carbocycles. The number of nitrogen functional groups attached to an aromatic ring is 1. The van der Waals surface area contributed by atoms with Crippen LogP contribution in [0.25, 0.3) is 0 Å². The molecule has 0 aliphatic carbocycles. The lowest BCUT2D eigenvalue weighted by molar-refractivity contribution is -0.138. The van der Waals surface area contributed by atoms with Gasteiger partial charge in [-0.25, -0.2) is 9.97 Å². The van der Waals surface area contributed by atoms with Gasteiger partial charge >= 0.3 is 6.18 Å². The van der Waals surface area contributed by atoms with Gasteiger partial charge in [-0.2, -0.15) is 13.2 Å². The molecule has 0 amide bonds. The van der Waals surface area contributed by atoms with E-state index in [-0.39, 0.29) is 26.3 Å². The number of carbonyl (C=O) groups is 1. The molecule has 3 heterocycles. The molecule has 1 aromatic carbocycles. The molecule has 182 valence electrons. The summed E-state index contributed by atoms with van der Waals surface area (Å²) in [4.78, 5) is 23.1. The summed E-state index contributed by atoms with van der Waals surface area (Å²) in [6.07, 6.45) is -1.51. The van der Waals surface area contributed by atoms with Crippen LogP contribution < -0.4 is 16.0 Å². The van der Waals surface area contributed by atoms with Crippen molar-refractivity contribution in [2.24, 2.45) is 0 Å². The van der Waals surface area contributed by atoms with Gasteiger partial charge < -0.3 is 16.0 Å². The zero-order valence-electron chi connectivity index (χ0n) is 18.7. The van der Waals surface area contributed by atoms with Crippen LogP contribution in [0.2, 0.25) is 0 Å². The number of piperazine rings is 1. The summed E-state index contributed by atoms with van der Waals surface area (Å²) in [5.74, 6) is -0.718. The van der Waals surface area contributed by atoms with Gasteiger partial charge in [0.15, 0.2) is 0 Å². The van der Waals surface area contributed by atoms with E-state index in [0.717, 1.165) is 24.5 Å². The van der Waals surface area contributed by atoms with Gasteiger partial charge in [-0.05, 0) is 36.2 Å². The summed E-state index contributed by atoms with van der Waals surface area (Å²) in [6.45, 7) is 3.16. The SMILES string of the molecule is CCC[C@H]1CN(c2ccc(C(F)(F)F)c(C(=O)c3cccnc3N)n2)C[C@@H](c2ccccc2)N1.[HH].[HH]. The molecular formula is C25H30F3N5O. The summed E-state index contributed by atoms with van der Waals surface area (Å²) in [7, 11) is 0. The highest BCUT2D eigenvalue weighted by atomic mass is 19.4. The van der Waals surface area contributed by atoms with Crippen molar-refractivity contribution >= 4 is 17.4 Å². The Morgan fingerprint density at radius 1 is 1.15 bits per heavy atom. The summed E-state index contributed by atoms with van der Waals surface area (Å²) in [5, 5.41) is 3.64. The Labute approximate surface area is 199 Å². The van der Waals surface area contributed by atoms with Crippen LogP contribution >= 0.6 is 0 Å². The highest BCUT2D eigenvalue weighted by Crippen LogP contribution is 2.35. The molecule has 2 aromatic heterocycles. The van der Waals surface area contributed by atoms with Crippen LogP contribution in [0.5, 0.6) is 0 Å². The zero-order chi connectivity index (χ0) is 24.3. The quantitative estimate of drug-likeness (QED) is 0.484. The average molecular weight is 474 g/mol. The van der Waals surface area contributed by atoms with E-state index in [0.29, 0.717) is 18.9 Å². The van der Waals surface area contributed by atoms with Gasteiger partial charge in [0.25, 0.3) is 0 Å². The molecule has 0 unspecified atom stereocenters. The first-order valence-electron chi connectivity index (χ1n) is 11.2. The Bertz CT molecular complexity index is 1160. The highest BCUT2D eigenvalue weighted by molar-refractivity contribution is 6.11. The fourth-order valence-electron chi connectivity index (χ4n) is 4.31. The highest BCUT2D eigenvalue weighted by Gasteiger charge is 2.38. The maximum absolute atomic E-state index is 13.8. The predicted molar refractivity (Wildman–Crippen MR) is 129 cm³/mol. The number of halogens is 3. The molecule has 2 atom stereocenters. The third-order valence-electron chi connectivity index (χ3n) is 5.93. The molecular weight excluding hydrogens is 443 g/mol. The van der Waals surface area contributed by atoms with Gasteiger partial charge in [-0.15, -0.1) is 0 Å². The zero-order valence-corrected chi connectivity index (χ0v) is 18.7. The molecule has 0 radical (unpaired) electrons. The first-order chi connectivity index (χ1) is 16.3. The normalized spacial score (nSPS) is 18.6. The molecule has 1 saturated heterocycles. The molecule has 0 bridgehead atoms. The molecule has 6 nitrogen and oxygen atoms in total. The topological polar surface area (TPSA) is 84.1 Å². The standard InChI is InChI=1S/C25H26F3N5O.2H2/c1-2-7-17-14-33(15-20(31-17)16-8-4-3-5-9-16)21-12-11-19(25(26,27)28)22(32-21)23(34)18-10-6-13-30-24(18)29;;/h3-6,8-13,17,20,31H,2,7,14-15H2,1H3,(H2,29,30);2*1H/t17-,20-;;/m0../s1. The maximum atomic E-state index is 13.8. The Kier molecular flexibility index (Phi) is 6.83. The van der Waals surface area contributed by atoms with Gasteiger partial charge in [0.05, 0.1) is 17.2 Å². The van der Waals surface area contributed by atoms with Crippen LogP contribution in [0, 0.1) is 0 Å². The van der Waals surface area contributed by atoms with Crippen LogP contribution in [-0.2, 0) is 6.18 Å². The molecule has 4 rings (SSSR count). The van der Waals surface area contributed by atoms with E-state index in [1.807, 2.05) is 35.2 Å². The second kappa shape index (κ2) is 9.80. The van der Waals surface area contributed by atoms with Crippen molar-refractivity contribution in [3.8, 4) is 0 Å². The molecule has 34 heavy (non-hydrogen) atoms. The minimum Gasteiger partial charge on any atom is -0.383 e. The number of nitrogens with two attached hydrogens (primary N) is 1. The number of nitrogens with zero attached hydrogens (tertiary/aromatic N) is 3. The number of hydrogen-bond acceptors (Lipinski definition) is 6. The van der Waals surface area contributed by atoms with Crippen LogP contribution in [0.1, 0.15) is 55.8 Å². The number of aromatic nitrogens is 2. The maximum Gasteiger partial charge on any atom is 0.418 e. The fraction of sp³-hybridized carbons (Fsp3) is 0.320. The second-order valence-electron chi connectivity index (χ2n) is 8.35. The van der Waals surface area contributed by atoms with E-state index in [1.165, 1.54) is 24.4 Å². The van der Waals surface area contributed by atoms with Crippen LogP contribution in [0.15, 0.2) is 60.8 Å². The summed E-state index contributed by atoms with van der Waals surface area (Å²) < 4.78 is 41.3. The molecule has 3 aromatic rings. The number of nitrogens with one attached hydrogen (secondary N) is 1. The summed E-state index contributed by atoms with van der Waals surface area (Å²) in [5.41, 5.74) is 4.98. The van der Waals surface area contributed by atoms with E-state index in [4.69, 9.17) is 5.73 Å². The van der Waals surface area contributed by atoms with Crippen molar-refractivity contribution in [3.05, 3.63) is 83.2 Å². The van der Waals surface area contributed by atoms with E-state index in [2.05, 4.69) is 22.2 Å². The van der Waals surface area contributed by atoms with Gasteiger partial charge in [0.1, 0.15) is 17.3 Å². The third kappa shape index (κ3) is 5.04. The number of alkyl halides is 3. The molecule has 0 spiro atoms. The Balaban J connectivity index is 0.00000228. The average Bonchev–Trinajstić information content (AvgIpc) is 2.83. The van der Waals surface area contributed by atoms with Crippen molar-refractivity contribution in [1.29, 1.82) is 0 Å². The lowest BCUT2D eigenvalue weighted by Crippen LogP contribution is -2.52. The molecule has 1 aliphatic heterocycles. The Morgan fingerprint density at radius 3 is 2.59 bits per heavy atom. The molecule has 9 heteroatoms. The monoisotopic (exact) mass is 473 g/mol. The van der Waals surface area contributed by atoms with Crippen molar-refractivity contribution in [2.75, 3.05) is 23.7 Å². The van der Waals surface area contributed by atoms with Gasteiger partial charge in [-0.3, -0.25) is 4.79 Å². The molecule has 1 aliphatic rings. The predicted octanol–water partition coefficient (Wildman–Crippen LogP) is 5.12. The van der Waals surface area contributed by atoms with E-state index in [9.17, 15) is 18.0 Å². The number of pyridine rings is 2. The van der Waals surface area contributed by atoms with Crippen molar-refractivity contribution in [3.63, 3.8) is 0 Å². The number of benzene rings is 1. The minimum absolute atomic E-state index is 0. The third-order valence-corrected chi connectivity index (χ3v) is 5.93. The minimum atomic E-state index is -4.74. The van der Waals surface area contributed by atoms with Gasteiger partial charge in [0, 0.05) is 28.2 Å². The fourth-order valence-corrected chi connectivity index (χ4v) is 4.31. The largest absolute Gasteiger partial charge is 0.418 e. The number of anilines is 2. The smallest absolute Gasteiger partial charge is 0.383 e. The van der Waals surface area contributed by atoms with Gasteiger partial charge in [0.2, 0.25) is 5.78 Å². The van der Waals surface area contributed by atoms with Crippen molar-refractivity contribution in [2.45, 2.75) is 38.0 Å². The van der Waals surface area contributed by atoms with Crippen molar-refractivity contribution in [1.82, 2.24) is 15.3 Å². The van der Waals surface area contributed by atoms with Crippen LogP contribution in [0.3, 0.4) is 0 Å². The van der Waals surface area contributed by atoms with E-state index >= 15 is 0 Å². The van der Waals surface area contributed by atoms with E-state index in [1.54, 1.807) is 0 Å². The Morgan fingerprint density at radius 2 is 1.91 bits per heavy atom. The number of carbonyl (C=O) groups excluding carboxylic acids is 1. The first-order valence-corrected chi connectivity index (χ1v) is 11.2. The lowest BCUT2D eigenvalue weighted by atomic mass is 9.99. The summed E-state index contributed by atoms with van der Waals surface area (Å²) in [6, 6.07) is 15.1. The van der Waals surface area contributed by atoms with Crippen molar-refractivity contribution < 1.29 is 20.8 Å². The van der Waals surface area contributed by atoms with Crippen LogP contribution in [-0.4, -0.2) is 34.9 Å². The first kappa shape index (κ1) is 23.7. The molecule has 1 fully saturated rings. The second-order valence-corrected chi connectivity index (χ2v) is 8.35.